The van der Waals surface area contributed by atoms with Gasteiger partial charge in [0.1, 0.15) is 0 Å². The molecule has 1 aliphatic rings. The molecule has 1 fully saturated rings. The molecule has 0 spiro atoms. The number of hydrogen-bond donors (Lipinski definition) is 0. The van der Waals surface area contributed by atoms with Crippen molar-refractivity contribution in [1.29, 1.82) is 0 Å². The summed E-state index contributed by atoms with van der Waals surface area (Å²) in [4.78, 5) is 0. The molecule has 1 saturated heterocycles. The Morgan fingerprint density at radius 2 is 1.79 bits per heavy atom. The molecule has 2 aromatic rings. The highest BCUT2D eigenvalue weighted by atomic mass is 32.2. The van der Waals surface area contributed by atoms with Crippen LogP contribution >= 0.6 is 0 Å². The van der Waals surface area contributed by atoms with Crippen LogP contribution in [0.4, 0.5) is 0 Å². The first-order valence-electron chi connectivity index (χ1n) is 8.16. The van der Waals surface area contributed by atoms with Gasteiger partial charge in [-0.25, -0.2) is 8.42 Å². The third-order valence-corrected chi connectivity index (χ3v) is 6.27. The Morgan fingerprint density at radius 3 is 2.50 bits per heavy atom. The smallest absolute Gasteiger partial charge is 0.218 e. The van der Waals surface area contributed by atoms with E-state index in [0.29, 0.717) is 19.7 Å². The van der Waals surface area contributed by atoms with E-state index in [2.05, 4.69) is 0 Å². The SMILES string of the molecule is Cc1ccc(C2CN(S(=O)(=O)Cc3ccccc3C)CCO2)cc1. The van der Waals surface area contributed by atoms with Crippen molar-refractivity contribution in [3.8, 4) is 0 Å². The number of hydrogen-bond acceptors (Lipinski definition) is 3. The van der Waals surface area contributed by atoms with Gasteiger partial charge in [0.15, 0.2) is 0 Å². The van der Waals surface area contributed by atoms with Crippen molar-refractivity contribution in [2.75, 3.05) is 19.7 Å². The minimum atomic E-state index is -3.35. The highest BCUT2D eigenvalue weighted by Crippen LogP contribution is 2.25. The highest BCUT2D eigenvalue weighted by molar-refractivity contribution is 7.88. The van der Waals surface area contributed by atoms with Crippen LogP contribution in [0, 0.1) is 13.8 Å². The van der Waals surface area contributed by atoms with E-state index in [4.69, 9.17) is 4.74 Å². The fourth-order valence-corrected chi connectivity index (χ4v) is 4.54. The van der Waals surface area contributed by atoms with Crippen molar-refractivity contribution in [2.24, 2.45) is 0 Å². The summed E-state index contributed by atoms with van der Waals surface area (Å²) in [6.07, 6.45) is -0.203. The minimum absolute atomic E-state index is 0.0420. The number of benzene rings is 2. The fraction of sp³-hybridized carbons (Fsp3) is 0.368. The van der Waals surface area contributed by atoms with E-state index >= 15 is 0 Å². The minimum Gasteiger partial charge on any atom is -0.371 e. The highest BCUT2D eigenvalue weighted by Gasteiger charge is 2.30. The normalized spacial score (nSPS) is 19.3. The molecule has 0 aliphatic carbocycles. The van der Waals surface area contributed by atoms with Gasteiger partial charge in [0, 0.05) is 13.1 Å². The Hall–Kier alpha value is -1.69. The molecule has 0 aromatic heterocycles. The second-order valence-electron chi connectivity index (χ2n) is 6.31. The molecule has 24 heavy (non-hydrogen) atoms. The maximum Gasteiger partial charge on any atom is 0.218 e. The van der Waals surface area contributed by atoms with Gasteiger partial charge in [0.25, 0.3) is 0 Å². The second-order valence-corrected chi connectivity index (χ2v) is 8.28. The average molecular weight is 345 g/mol. The summed E-state index contributed by atoms with van der Waals surface area (Å²) in [5.41, 5.74) is 4.07. The number of morpholine rings is 1. The molecule has 1 aliphatic heterocycles. The van der Waals surface area contributed by atoms with Gasteiger partial charge in [0.2, 0.25) is 10.0 Å². The molecule has 1 heterocycles. The molecule has 0 bridgehead atoms. The predicted molar refractivity (Wildman–Crippen MR) is 95.2 cm³/mol. The van der Waals surface area contributed by atoms with E-state index < -0.39 is 10.0 Å². The van der Waals surface area contributed by atoms with E-state index in [-0.39, 0.29) is 11.9 Å². The summed E-state index contributed by atoms with van der Waals surface area (Å²) in [5, 5.41) is 0. The van der Waals surface area contributed by atoms with Crippen LogP contribution in [0.2, 0.25) is 0 Å². The summed E-state index contributed by atoms with van der Waals surface area (Å²) in [6, 6.07) is 15.7. The van der Waals surface area contributed by atoms with Crippen LogP contribution in [-0.4, -0.2) is 32.4 Å². The van der Waals surface area contributed by atoms with Crippen molar-refractivity contribution in [2.45, 2.75) is 25.7 Å². The third-order valence-electron chi connectivity index (χ3n) is 4.47. The van der Waals surface area contributed by atoms with Gasteiger partial charge in [-0.2, -0.15) is 4.31 Å². The first-order valence-corrected chi connectivity index (χ1v) is 9.77. The lowest BCUT2D eigenvalue weighted by Gasteiger charge is -2.32. The summed E-state index contributed by atoms with van der Waals surface area (Å²) in [7, 11) is -3.35. The standard InChI is InChI=1S/C19H23NO3S/c1-15-7-9-17(10-8-15)19-13-20(11-12-23-19)24(21,22)14-18-6-4-3-5-16(18)2/h3-10,19H,11-14H2,1-2H3. The zero-order valence-electron chi connectivity index (χ0n) is 14.1. The lowest BCUT2D eigenvalue weighted by atomic mass is 10.1. The summed E-state index contributed by atoms with van der Waals surface area (Å²) < 4.78 is 33.0. The van der Waals surface area contributed by atoms with Crippen LogP contribution in [0.15, 0.2) is 48.5 Å². The van der Waals surface area contributed by atoms with E-state index in [0.717, 1.165) is 16.7 Å². The molecular formula is C19H23NO3S. The number of nitrogens with zero attached hydrogens (tertiary/aromatic N) is 1. The van der Waals surface area contributed by atoms with Crippen molar-refractivity contribution < 1.29 is 13.2 Å². The molecule has 128 valence electrons. The summed E-state index contributed by atoms with van der Waals surface area (Å²) in [6.45, 7) is 5.18. The number of ether oxygens (including phenoxy) is 1. The fourth-order valence-electron chi connectivity index (χ4n) is 2.92. The van der Waals surface area contributed by atoms with Gasteiger partial charge < -0.3 is 4.74 Å². The number of sulfonamides is 1. The van der Waals surface area contributed by atoms with Crippen LogP contribution in [-0.2, 0) is 20.5 Å². The van der Waals surface area contributed by atoms with Gasteiger partial charge in [-0.1, -0.05) is 54.1 Å². The zero-order valence-corrected chi connectivity index (χ0v) is 14.9. The van der Waals surface area contributed by atoms with Crippen LogP contribution in [0.3, 0.4) is 0 Å². The van der Waals surface area contributed by atoms with E-state index in [1.807, 2.05) is 62.4 Å². The van der Waals surface area contributed by atoms with Crippen molar-refractivity contribution in [1.82, 2.24) is 4.31 Å². The largest absolute Gasteiger partial charge is 0.371 e. The Morgan fingerprint density at radius 1 is 1.08 bits per heavy atom. The molecule has 4 nitrogen and oxygen atoms in total. The molecule has 0 amide bonds. The molecule has 0 saturated carbocycles. The molecule has 5 heteroatoms. The number of rotatable bonds is 4. The lowest BCUT2D eigenvalue weighted by molar-refractivity contribution is -0.00260. The molecule has 0 radical (unpaired) electrons. The van der Waals surface area contributed by atoms with Crippen LogP contribution < -0.4 is 0 Å². The Bertz CT molecular complexity index is 800. The average Bonchev–Trinajstić information content (AvgIpc) is 2.58. The maximum atomic E-state index is 12.8. The van der Waals surface area contributed by atoms with Gasteiger partial charge in [-0.3, -0.25) is 0 Å². The van der Waals surface area contributed by atoms with Gasteiger partial charge in [0.05, 0.1) is 18.5 Å². The second kappa shape index (κ2) is 7.05. The van der Waals surface area contributed by atoms with Crippen molar-refractivity contribution in [3.05, 3.63) is 70.8 Å². The summed E-state index contributed by atoms with van der Waals surface area (Å²) >= 11 is 0. The van der Waals surface area contributed by atoms with Gasteiger partial charge >= 0.3 is 0 Å². The quantitative estimate of drug-likeness (QED) is 0.855. The Balaban J connectivity index is 1.76. The molecule has 3 rings (SSSR count). The molecule has 0 N–H and O–H groups in total. The topological polar surface area (TPSA) is 46.6 Å². The van der Waals surface area contributed by atoms with E-state index in [1.54, 1.807) is 4.31 Å². The predicted octanol–water partition coefficient (Wildman–Crippen LogP) is 3.21. The first-order chi connectivity index (χ1) is 11.5. The first kappa shape index (κ1) is 17.1. The summed E-state index contributed by atoms with van der Waals surface area (Å²) in [5.74, 6) is 0.0420. The monoisotopic (exact) mass is 345 g/mol. The van der Waals surface area contributed by atoms with Crippen LogP contribution in [0.1, 0.15) is 28.4 Å². The van der Waals surface area contributed by atoms with E-state index in [9.17, 15) is 8.42 Å². The Kier molecular flexibility index (Phi) is 5.04. The molecular weight excluding hydrogens is 322 g/mol. The molecule has 1 unspecified atom stereocenters. The number of aryl methyl sites for hydroxylation is 2. The third kappa shape index (κ3) is 3.86. The van der Waals surface area contributed by atoms with Crippen molar-refractivity contribution >= 4 is 10.0 Å². The maximum absolute atomic E-state index is 12.8. The van der Waals surface area contributed by atoms with E-state index in [1.165, 1.54) is 5.56 Å². The Labute approximate surface area is 144 Å². The van der Waals surface area contributed by atoms with Crippen LogP contribution in [0.5, 0.6) is 0 Å². The van der Waals surface area contributed by atoms with Gasteiger partial charge in [-0.15, -0.1) is 0 Å². The molecule has 1 atom stereocenters. The lowest BCUT2D eigenvalue weighted by Crippen LogP contribution is -2.42. The van der Waals surface area contributed by atoms with Gasteiger partial charge in [-0.05, 0) is 30.5 Å². The van der Waals surface area contributed by atoms with Crippen LogP contribution in [0.25, 0.3) is 0 Å². The zero-order chi connectivity index (χ0) is 17.2. The van der Waals surface area contributed by atoms with Crippen molar-refractivity contribution in [3.63, 3.8) is 0 Å². The molecule has 2 aromatic carbocycles.